The fraction of sp³-hybridized carbons (Fsp3) is 0.467. The predicted molar refractivity (Wildman–Crippen MR) is 83.0 cm³/mol. The van der Waals surface area contributed by atoms with E-state index in [9.17, 15) is 0 Å². The highest BCUT2D eigenvalue weighted by Crippen LogP contribution is 2.37. The SMILES string of the molecule is C=CCNCc1cc(Br)c(OCCC)c(OCC)c1. The van der Waals surface area contributed by atoms with Crippen LogP contribution in [0.2, 0.25) is 0 Å². The highest BCUT2D eigenvalue weighted by molar-refractivity contribution is 9.10. The van der Waals surface area contributed by atoms with Crippen LogP contribution in [0.5, 0.6) is 11.5 Å². The van der Waals surface area contributed by atoms with E-state index in [1.165, 1.54) is 0 Å². The van der Waals surface area contributed by atoms with E-state index in [0.717, 1.165) is 41.0 Å². The maximum Gasteiger partial charge on any atom is 0.175 e. The molecule has 1 rings (SSSR count). The van der Waals surface area contributed by atoms with Gasteiger partial charge in [0, 0.05) is 13.1 Å². The Morgan fingerprint density at radius 2 is 2.11 bits per heavy atom. The lowest BCUT2D eigenvalue weighted by Gasteiger charge is -2.15. The van der Waals surface area contributed by atoms with Crippen LogP contribution in [0.15, 0.2) is 29.3 Å². The van der Waals surface area contributed by atoms with E-state index in [1.54, 1.807) is 0 Å². The van der Waals surface area contributed by atoms with Crippen molar-refractivity contribution in [2.45, 2.75) is 26.8 Å². The van der Waals surface area contributed by atoms with E-state index >= 15 is 0 Å². The molecule has 4 heteroatoms. The molecule has 0 amide bonds. The smallest absolute Gasteiger partial charge is 0.175 e. The molecule has 0 aromatic heterocycles. The lowest BCUT2D eigenvalue weighted by atomic mass is 10.2. The Hall–Kier alpha value is -1.00. The Morgan fingerprint density at radius 1 is 1.32 bits per heavy atom. The molecule has 1 aromatic rings. The summed E-state index contributed by atoms with van der Waals surface area (Å²) in [7, 11) is 0. The van der Waals surface area contributed by atoms with Gasteiger partial charge in [-0.05, 0) is 47.0 Å². The van der Waals surface area contributed by atoms with Crippen molar-refractivity contribution < 1.29 is 9.47 Å². The van der Waals surface area contributed by atoms with Crippen LogP contribution in [-0.4, -0.2) is 19.8 Å². The van der Waals surface area contributed by atoms with Crippen LogP contribution in [0.1, 0.15) is 25.8 Å². The molecule has 0 aliphatic heterocycles. The molecule has 0 aliphatic rings. The second kappa shape index (κ2) is 8.99. The van der Waals surface area contributed by atoms with Gasteiger partial charge in [0.2, 0.25) is 0 Å². The van der Waals surface area contributed by atoms with Crippen molar-refractivity contribution in [3.05, 3.63) is 34.8 Å². The summed E-state index contributed by atoms with van der Waals surface area (Å²) in [5.74, 6) is 1.58. The number of hydrogen-bond donors (Lipinski definition) is 1. The molecule has 0 atom stereocenters. The Morgan fingerprint density at radius 3 is 2.74 bits per heavy atom. The Labute approximate surface area is 124 Å². The Kier molecular flexibility index (Phi) is 7.60. The van der Waals surface area contributed by atoms with Gasteiger partial charge in [-0.1, -0.05) is 13.0 Å². The fourth-order valence-corrected chi connectivity index (χ4v) is 2.25. The quantitative estimate of drug-likeness (QED) is 0.551. The first-order valence-electron chi connectivity index (χ1n) is 6.62. The lowest BCUT2D eigenvalue weighted by Crippen LogP contribution is -2.13. The van der Waals surface area contributed by atoms with Gasteiger partial charge in [0.1, 0.15) is 0 Å². The standard InChI is InChI=1S/C15H22BrNO2/c1-4-7-17-11-12-9-13(16)15(19-8-5-2)14(10-12)18-6-3/h4,9-10,17H,1,5-8,11H2,2-3H3. The maximum absolute atomic E-state index is 5.74. The van der Waals surface area contributed by atoms with Crippen molar-refractivity contribution in [2.24, 2.45) is 0 Å². The number of nitrogens with one attached hydrogen (secondary N) is 1. The van der Waals surface area contributed by atoms with Crippen LogP contribution in [0.3, 0.4) is 0 Å². The second-order valence-corrected chi connectivity index (χ2v) is 4.96. The van der Waals surface area contributed by atoms with Gasteiger partial charge in [0.25, 0.3) is 0 Å². The molecule has 0 saturated heterocycles. The van der Waals surface area contributed by atoms with Crippen molar-refractivity contribution in [1.29, 1.82) is 0 Å². The van der Waals surface area contributed by atoms with Gasteiger partial charge < -0.3 is 14.8 Å². The molecule has 0 heterocycles. The zero-order valence-electron chi connectivity index (χ0n) is 11.7. The lowest BCUT2D eigenvalue weighted by molar-refractivity contribution is 0.275. The predicted octanol–water partition coefficient (Wildman–Crippen LogP) is 3.91. The average molecular weight is 328 g/mol. The summed E-state index contributed by atoms with van der Waals surface area (Å²) < 4.78 is 12.3. The van der Waals surface area contributed by atoms with Gasteiger partial charge >= 0.3 is 0 Å². The van der Waals surface area contributed by atoms with Gasteiger partial charge in [0.05, 0.1) is 17.7 Å². The normalized spacial score (nSPS) is 10.3. The number of benzene rings is 1. The van der Waals surface area contributed by atoms with Crippen molar-refractivity contribution in [1.82, 2.24) is 5.32 Å². The molecule has 106 valence electrons. The molecule has 0 spiro atoms. The summed E-state index contributed by atoms with van der Waals surface area (Å²) in [6, 6.07) is 4.08. The van der Waals surface area contributed by atoms with Gasteiger partial charge in [-0.2, -0.15) is 0 Å². The largest absolute Gasteiger partial charge is 0.490 e. The van der Waals surface area contributed by atoms with Crippen LogP contribution in [-0.2, 0) is 6.54 Å². The van der Waals surface area contributed by atoms with Crippen LogP contribution in [0, 0.1) is 0 Å². The molecule has 0 bridgehead atoms. The third kappa shape index (κ3) is 5.25. The summed E-state index contributed by atoms with van der Waals surface area (Å²) >= 11 is 3.55. The summed E-state index contributed by atoms with van der Waals surface area (Å²) in [5, 5.41) is 3.28. The van der Waals surface area contributed by atoms with E-state index in [0.29, 0.717) is 13.2 Å². The molecular weight excluding hydrogens is 306 g/mol. The van der Waals surface area contributed by atoms with Gasteiger partial charge in [-0.25, -0.2) is 0 Å². The van der Waals surface area contributed by atoms with Crippen molar-refractivity contribution in [3.63, 3.8) is 0 Å². The molecule has 0 fully saturated rings. The van der Waals surface area contributed by atoms with E-state index < -0.39 is 0 Å². The number of halogens is 1. The topological polar surface area (TPSA) is 30.5 Å². The molecule has 1 aromatic carbocycles. The minimum absolute atomic E-state index is 0.623. The second-order valence-electron chi connectivity index (χ2n) is 4.11. The van der Waals surface area contributed by atoms with E-state index in [2.05, 4.69) is 40.8 Å². The van der Waals surface area contributed by atoms with Crippen molar-refractivity contribution >= 4 is 15.9 Å². The molecule has 0 radical (unpaired) electrons. The van der Waals surface area contributed by atoms with Gasteiger partial charge in [-0.15, -0.1) is 6.58 Å². The maximum atomic E-state index is 5.74. The highest BCUT2D eigenvalue weighted by atomic mass is 79.9. The van der Waals surface area contributed by atoms with E-state index in [4.69, 9.17) is 9.47 Å². The van der Waals surface area contributed by atoms with E-state index in [1.807, 2.05) is 19.1 Å². The van der Waals surface area contributed by atoms with E-state index in [-0.39, 0.29) is 0 Å². The minimum atomic E-state index is 0.623. The van der Waals surface area contributed by atoms with Crippen LogP contribution in [0.4, 0.5) is 0 Å². The van der Waals surface area contributed by atoms with Crippen LogP contribution in [0.25, 0.3) is 0 Å². The molecule has 0 unspecified atom stereocenters. The first kappa shape index (κ1) is 16.1. The number of hydrogen-bond acceptors (Lipinski definition) is 3. The molecule has 0 aliphatic carbocycles. The Balaban J connectivity index is 2.88. The minimum Gasteiger partial charge on any atom is -0.490 e. The first-order chi connectivity index (χ1) is 9.22. The molecule has 1 N–H and O–H groups in total. The highest BCUT2D eigenvalue weighted by Gasteiger charge is 2.11. The van der Waals surface area contributed by atoms with Crippen molar-refractivity contribution in [2.75, 3.05) is 19.8 Å². The number of rotatable bonds is 9. The molecular formula is C15H22BrNO2. The summed E-state index contributed by atoms with van der Waals surface area (Å²) in [4.78, 5) is 0. The zero-order valence-corrected chi connectivity index (χ0v) is 13.3. The summed E-state index contributed by atoms with van der Waals surface area (Å²) in [6.07, 6.45) is 2.82. The van der Waals surface area contributed by atoms with Crippen LogP contribution < -0.4 is 14.8 Å². The zero-order chi connectivity index (χ0) is 14.1. The van der Waals surface area contributed by atoms with Crippen LogP contribution >= 0.6 is 15.9 Å². The Bertz CT molecular complexity index is 407. The molecule has 3 nitrogen and oxygen atoms in total. The molecule has 19 heavy (non-hydrogen) atoms. The first-order valence-corrected chi connectivity index (χ1v) is 7.41. The monoisotopic (exact) mass is 327 g/mol. The number of ether oxygens (including phenoxy) is 2. The fourth-order valence-electron chi connectivity index (χ4n) is 1.65. The summed E-state index contributed by atoms with van der Waals surface area (Å²) in [6.45, 7) is 10.6. The van der Waals surface area contributed by atoms with Crippen molar-refractivity contribution in [3.8, 4) is 11.5 Å². The molecule has 0 saturated carbocycles. The van der Waals surface area contributed by atoms with Gasteiger partial charge in [-0.3, -0.25) is 0 Å². The summed E-state index contributed by atoms with van der Waals surface area (Å²) in [5.41, 5.74) is 1.15. The third-order valence-electron chi connectivity index (χ3n) is 2.44. The third-order valence-corrected chi connectivity index (χ3v) is 3.03. The van der Waals surface area contributed by atoms with Gasteiger partial charge in [0.15, 0.2) is 11.5 Å². The average Bonchev–Trinajstić information content (AvgIpc) is 2.38.